The molecule has 1 aromatic rings. The van der Waals surface area contributed by atoms with E-state index in [0.29, 0.717) is 11.3 Å². The summed E-state index contributed by atoms with van der Waals surface area (Å²) in [4.78, 5) is 10.2. The van der Waals surface area contributed by atoms with Gasteiger partial charge in [0.2, 0.25) is 0 Å². The van der Waals surface area contributed by atoms with Crippen LogP contribution >= 0.6 is 0 Å². The van der Waals surface area contributed by atoms with E-state index in [1.165, 1.54) is 25.3 Å². The van der Waals surface area contributed by atoms with Crippen molar-refractivity contribution in [3.63, 3.8) is 0 Å². The number of ether oxygens (including phenoxy) is 2. The fourth-order valence-corrected chi connectivity index (χ4v) is 2.27. The Hall–Kier alpha value is -1.70. The lowest BCUT2D eigenvalue weighted by Crippen LogP contribution is -2.56. The summed E-state index contributed by atoms with van der Waals surface area (Å²) >= 11 is 0. The van der Waals surface area contributed by atoms with Gasteiger partial charge >= 0.3 is 0 Å². The molecule has 0 unspecified atom stereocenters. The highest BCUT2D eigenvalue weighted by Gasteiger charge is 2.45. The Morgan fingerprint density at radius 2 is 2.32 bits per heavy atom. The predicted molar refractivity (Wildman–Crippen MR) is 66.9 cm³/mol. The fraction of sp³-hybridized carbons (Fsp3) is 0.500. The maximum absolute atomic E-state index is 10.7. The number of hydrogen-bond donors (Lipinski definition) is 2. The number of rotatable bonds is 3. The molecule has 0 aliphatic carbocycles. The van der Waals surface area contributed by atoms with Crippen LogP contribution in [-0.2, 0) is 4.74 Å². The number of fused-ring (bicyclic) bond motifs is 1. The summed E-state index contributed by atoms with van der Waals surface area (Å²) in [6, 6.07) is 3.41. The van der Waals surface area contributed by atoms with Crippen LogP contribution in [0.25, 0.3) is 0 Å². The minimum atomic E-state index is -1.01. The van der Waals surface area contributed by atoms with Crippen molar-refractivity contribution >= 4 is 5.69 Å². The molecule has 19 heavy (non-hydrogen) atoms. The second-order valence-corrected chi connectivity index (χ2v) is 4.80. The molecule has 1 heterocycles. The summed E-state index contributed by atoms with van der Waals surface area (Å²) in [7, 11) is 1.50. The Bertz CT molecular complexity index is 507. The van der Waals surface area contributed by atoms with Gasteiger partial charge in [-0.3, -0.25) is 10.1 Å². The number of hydrogen-bond acceptors (Lipinski definition) is 6. The Morgan fingerprint density at radius 1 is 1.63 bits per heavy atom. The third kappa shape index (κ3) is 2.27. The maximum atomic E-state index is 10.7. The van der Waals surface area contributed by atoms with Crippen molar-refractivity contribution in [3.05, 3.63) is 33.9 Å². The van der Waals surface area contributed by atoms with Crippen LogP contribution in [0.1, 0.15) is 18.5 Å². The van der Waals surface area contributed by atoms with Gasteiger partial charge in [-0.25, -0.2) is 0 Å². The van der Waals surface area contributed by atoms with Gasteiger partial charge in [-0.1, -0.05) is 0 Å². The average molecular weight is 268 g/mol. The van der Waals surface area contributed by atoms with Crippen molar-refractivity contribution in [1.82, 2.24) is 0 Å². The van der Waals surface area contributed by atoms with Crippen molar-refractivity contribution in [2.75, 3.05) is 13.7 Å². The van der Waals surface area contributed by atoms with Crippen LogP contribution in [0.4, 0.5) is 5.69 Å². The third-order valence-electron chi connectivity index (χ3n) is 3.30. The van der Waals surface area contributed by atoms with E-state index < -0.39 is 22.7 Å². The highest BCUT2D eigenvalue weighted by Crippen LogP contribution is 2.40. The summed E-state index contributed by atoms with van der Waals surface area (Å²) in [6.45, 7) is 1.85. The normalized spacial score (nSPS) is 29.5. The minimum absolute atomic E-state index is 0.0830. The first kappa shape index (κ1) is 13.7. The molecule has 7 nitrogen and oxygen atoms in total. The van der Waals surface area contributed by atoms with Gasteiger partial charge in [-0.2, -0.15) is 0 Å². The molecule has 1 aromatic carbocycles. The zero-order chi connectivity index (χ0) is 14.2. The molecule has 2 rings (SSSR count). The molecule has 0 aromatic heterocycles. The largest absolute Gasteiger partial charge is 0.482 e. The van der Waals surface area contributed by atoms with Gasteiger partial charge in [-0.15, -0.1) is 0 Å². The number of nitro benzene ring substituents is 1. The van der Waals surface area contributed by atoms with Crippen LogP contribution < -0.4 is 10.5 Å². The summed E-state index contributed by atoms with van der Waals surface area (Å²) in [6.07, 6.45) is -1.01. The molecule has 0 saturated carbocycles. The second-order valence-electron chi connectivity index (χ2n) is 4.80. The summed E-state index contributed by atoms with van der Waals surface area (Å²) in [5.41, 5.74) is 5.32. The molecule has 3 atom stereocenters. The molecule has 0 spiro atoms. The van der Waals surface area contributed by atoms with E-state index in [1.807, 2.05) is 0 Å². The molecule has 7 heteroatoms. The molecular formula is C12H16N2O5. The van der Waals surface area contributed by atoms with Crippen LogP contribution in [0.2, 0.25) is 0 Å². The lowest BCUT2D eigenvalue weighted by Gasteiger charge is -2.42. The first-order valence-corrected chi connectivity index (χ1v) is 5.79. The molecule has 1 aliphatic rings. The lowest BCUT2D eigenvalue weighted by atomic mass is 9.86. The van der Waals surface area contributed by atoms with Crippen LogP contribution in [0.5, 0.6) is 5.75 Å². The third-order valence-corrected chi connectivity index (χ3v) is 3.30. The van der Waals surface area contributed by atoms with E-state index in [-0.39, 0.29) is 12.3 Å². The highest BCUT2D eigenvalue weighted by molar-refractivity contribution is 5.47. The number of aliphatic hydroxyl groups excluding tert-OH is 1. The van der Waals surface area contributed by atoms with E-state index in [9.17, 15) is 15.2 Å². The average Bonchev–Trinajstić information content (AvgIpc) is 2.36. The van der Waals surface area contributed by atoms with Gasteiger partial charge in [0.15, 0.2) is 5.60 Å². The van der Waals surface area contributed by atoms with Gasteiger partial charge in [0.25, 0.3) is 5.69 Å². The first-order chi connectivity index (χ1) is 8.89. The number of nitrogens with two attached hydrogens (primary N) is 1. The molecule has 0 saturated heterocycles. The second kappa shape index (κ2) is 4.76. The van der Waals surface area contributed by atoms with E-state index in [1.54, 1.807) is 6.92 Å². The van der Waals surface area contributed by atoms with Crippen LogP contribution in [0, 0.1) is 10.1 Å². The van der Waals surface area contributed by atoms with Crippen molar-refractivity contribution in [3.8, 4) is 5.75 Å². The van der Waals surface area contributed by atoms with Gasteiger partial charge in [0, 0.05) is 24.8 Å². The number of nitrogens with zero attached hydrogens (tertiary/aromatic N) is 1. The van der Waals surface area contributed by atoms with Crippen molar-refractivity contribution in [2.24, 2.45) is 5.73 Å². The first-order valence-electron chi connectivity index (χ1n) is 5.79. The van der Waals surface area contributed by atoms with Crippen LogP contribution in [0.15, 0.2) is 18.2 Å². The number of methoxy groups -OCH3 is 1. The Labute approximate surface area is 110 Å². The van der Waals surface area contributed by atoms with Crippen molar-refractivity contribution in [2.45, 2.75) is 24.7 Å². The zero-order valence-corrected chi connectivity index (χ0v) is 10.7. The Kier molecular flexibility index (Phi) is 3.44. The van der Waals surface area contributed by atoms with Gasteiger partial charge in [-0.05, 0) is 13.0 Å². The molecule has 1 aliphatic heterocycles. The summed E-state index contributed by atoms with van der Waals surface area (Å²) in [5, 5.41) is 21.0. The standard InChI is InChI=1S/C12H16N2O5/c1-12(6-18-2)11(15)10(13)8-5-7(14(16)17)3-4-9(8)19-12/h3-5,10-11,15H,6,13H2,1-2H3/t10-,11+,12+/m0/s1. The summed E-state index contributed by atoms with van der Waals surface area (Å²) < 4.78 is 10.7. The van der Waals surface area contributed by atoms with E-state index in [4.69, 9.17) is 15.2 Å². The minimum Gasteiger partial charge on any atom is -0.482 e. The number of nitro groups is 1. The number of non-ortho nitro benzene ring substituents is 1. The van der Waals surface area contributed by atoms with E-state index in [0.717, 1.165) is 0 Å². The molecule has 3 N–H and O–H groups in total. The van der Waals surface area contributed by atoms with Crippen LogP contribution in [-0.4, -0.2) is 35.5 Å². The van der Waals surface area contributed by atoms with Gasteiger partial charge < -0.3 is 20.3 Å². The fourth-order valence-electron chi connectivity index (χ4n) is 2.27. The lowest BCUT2D eigenvalue weighted by molar-refractivity contribution is -0.385. The maximum Gasteiger partial charge on any atom is 0.270 e. The number of aliphatic hydroxyl groups is 1. The highest BCUT2D eigenvalue weighted by atomic mass is 16.6. The smallest absolute Gasteiger partial charge is 0.270 e. The monoisotopic (exact) mass is 268 g/mol. The summed E-state index contributed by atoms with van der Waals surface area (Å²) in [5.74, 6) is 0.433. The van der Waals surface area contributed by atoms with Crippen LogP contribution in [0.3, 0.4) is 0 Å². The van der Waals surface area contributed by atoms with Gasteiger partial charge in [0.05, 0.1) is 17.6 Å². The Balaban J connectivity index is 2.44. The zero-order valence-electron chi connectivity index (χ0n) is 10.7. The molecule has 0 fully saturated rings. The van der Waals surface area contributed by atoms with Crippen molar-refractivity contribution in [1.29, 1.82) is 0 Å². The van der Waals surface area contributed by atoms with E-state index in [2.05, 4.69) is 0 Å². The van der Waals surface area contributed by atoms with Gasteiger partial charge in [0.1, 0.15) is 11.9 Å². The predicted octanol–water partition coefficient (Wildman–Crippen LogP) is 0.753. The quantitative estimate of drug-likeness (QED) is 0.618. The molecule has 0 radical (unpaired) electrons. The SMILES string of the molecule is COC[C@@]1(C)Oc2ccc([N+](=O)[O-])cc2[C@H](N)[C@H]1O. The van der Waals surface area contributed by atoms with Crippen molar-refractivity contribution < 1.29 is 19.5 Å². The topological polar surface area (TPSA) is 108 Å². The molecular weight excluding hydrogens is 252 g/mol. The van der Waals surface area contributed by atoms with E-state index >= 15 is 0 Å². The molecule has 0 amide bonds. The number of benzene rings is 1. The molecule has 104 valence electrons. The molecule has 0 bridgehead atoms. The Morgan fingerprint density at radius 3 is 2.89 bits per heavy atom.